The quantitative estimate of drug-likeness (QED) is 0.852. The number of esters is 1. The molecule has 4 heteroatoms. The van der Waals surface area contributed by atoms with Crippen LogP contribution in [0.2, 0.25) is 5.02 Å². The summed E-state index contributed by atoms with van der Waals surface area (Å²) in [4.78, 5) is 11.7. The third-order valence-corrected chi connectivity index (χ3v) is 3.29. The molecule has 1 N–H and O–H groups in total. The van der Waals surface area contributed by atoms with Crippen molar-refractivity contribution in [3.8, 4) is 0 Å². The highest BCUT2D eigenvalue weighted by Gasteiger charge is 2.23. The Labute approximate surface area is 112 Å². The van der Waals surface area contributed by atoms with Crippen molar-refractivity contribution in [2.75, 3.05) is 12.4 Å². The predicted octanol–water partition coefficient (Wildman–Crippen LogP) is 3.40. The number of rotatable bonds is 3. The summed E-state index contributed by atoms with van der Waals surface area (Å²) in [6.07, 6.45) is 4.90. The van der Waals surface area contributed by atoms with E-state index in [0.29, 0.717) is 5.02 Å². The van der Waals surface area contributed by atoms with Crippen LogP contribution in [0.4, 0.5) is 5.69 Å². The molecule has 0 amide bonds. The van der Waals surface area contributed by atoms with E-state index < -0.39 is 0 Å². The van der Waals surface area contributed by atoms with E-state index in [9.17, 15) is 4.79 Å². The maximum absolute atomic E-state index is 11.7. The van der Waals surface area contributed by atoms with Crippen LogP contribution in [-0.2, 0) is 9.53 Å². The predicted molar refractivity (Wildman–Crippen MR) is 72.8 cm³/mol. The molecule has 1 aliphatic rings. The van der Waals surface area contributed by atoms with Crippen LogP contribution in [0.5, 0.6) is 0 Å². The molecule has 0 fully saturated rings. The molecule has 1 aliphatic carbocycles. The summed E-state index contributed by atoms with van der Waals surface area (Å²) in [5.74, 6) is -0.249. The summed E-state index contributed by atoms with van der Waals surface area (Å²) in [6.45, 7) is 0. The number of hydrogen-bond donors (Lipinski definition) is 1. The lowest BCUT2D eigenvalue weighted by Gasteiger charge is -2.24. The molecule has 0 aliphatic heterocycles. The number of anilines is 1. The fraction of sp³-hybridized carbons (Fsp3) is 0.357. The van der Waals surface area contributed by atoms with Crippen molar-refractivity contribution < 1.29 is 9.53 Å². The van der Waals surface area contributed by atoms with Crippen LogP contribution in [0.1, 0.15) is 19.3 Å². The molecule has 3 nitrogen and oxygen atoms in total. The van der Waals surface area contributed by atoms with Gasteiger partial charge in [0, 0.05) is 10.7 Å². The number of hydrogen-bond acceptors (Lipinski definition) is 3. The second kappa shape index (κ2) is 5.91. The van der Waals surface area contributed by atoms with Gasteiger partial charge in [-0.1, -0.05) is 17.7 Å². The van der Waals surface area contributed by atoms with E-state index in [0.717, 1.165) is 30.5 Å². The van der Waals surface area contributed by atoms with Gasteiger partial charge in [0.15, 0.2) is 0 Å². The fourth-order valence-corrected chi connectivity index (χ4v) is 2.24. The molecule has 0 aromatic heterocycles. The molecule has 96 valence electrons. The first-order valence-corrected chi connectivity index (χ1v) is 6.39. The van der Waals surface area contributed by atoms with Crippen LogP contribution < -0.4 is 5.32 Å². The number of benzene rings is 1. The number of nitrogens with one attached hydrogen (secondary N) is 1. The van der Waals surface area contributed by atoms with Crippen molar-refractivity contribution in [3.63, 3.8) is 0 Å². The summed E-state index contributed by atoms with van der Waals surface area (Å²) in [5, 5.41) is 4.05. The van der Waals surface area contributed by atoms with Gasteiger partial charge in [-0.05, 0) is 43.5 Å². The minimum absolute atomic E-state index is 0.0207. The van der Waals surface area contributed by atoms with Crippen molar-refractivity contribution in [1.82, 2.24) is 0 Å². The number of allylic oxidation sites excluding steroid dienone is 1. The molecule has 0 heterocycles. The van der Waals surface area contributed by atoms with Crippen molar-refractivity contribution in [3.05, 3.63) is 40.9 Å². The summed E-state index contributed by atoms with van der Waals surface area (Å²) in [5.41, 5.74) is 1.68. The topological polar surface area (TPSA) is 38.3 Å². The molecule has 1 aromatic rings. The molecule has 0 unspecified atom stereocenters. The van der Waals surface area contributed by atoms with Crippen LogP contribution in [0, 0.1) is 0 Å². The molecular formula is C14H16ClNO2. The normalized spacial score (nSPS) is 19.0. The van der Waals surface area contributed by atoms with E-state index in [1.54, 1.807) is 0 Å². The molecule has 0 saturated heterocycles. The molecule has 0 radical (unpaired) electrons. The van der Waals surface area contributed by atoms with E-state index >= 15 is 0 Å². The molecule has 1 atom stereocenters. The van der Waals surface area contributed by atoms with Crippen molar-refractivity contribution in [2.45, 2.75) is 25.3 Å². The van der Waals surface area contributed by atoms with Gasteiger partial charge in [0.1, 0.15) is 0 Å². The van der Waals surface area contributed by atoms with Crippen LogP contribution >= 0.6 is 11.6 Å². The molecule has 0 spiro atoms. The third kappa shape index (κ3) is 3.05. The molecule has 18 heavy (non-hydrogen) atoms. The molecular weight excluding hydrogens is 250 g/mol. The Hall–Kier alpha value is -1.48. The maximum atomic E-state index is 11.7. The summed E-state index contributed by atoms with van der Waals surface area (Å²) < 4.78 is 4.81. The Morgan fingerprint density at radius 3 is 2.78 bits per heavy atom. The van der Waals surface area contributed by atoms with Crippen LogP contribution in [0.25, 0.3) is 0 Å². The summed E-state index contributed by atoms with van der Waals surface area (Å²) in [7, 11) is 1.41. The Morgan fingerprint density at radius 2 is 2.11 bits per heavy atom. The average Bonchev–Trinajstić information content (AvgIpc) is 2.41. The Kier molecular flexibility index (Phi) is 4.26. The summed E-state index contributed by atoms with van der Waals surface area (Å²) in [6, 6.07) is 7.49. The standard InChI is InChI=1S/C14H16ClNO2/c1-18-14(17)12-4-2-3-5-13(12)16-11-8-6-10(15)7-9-11/h4,6-9,13,16H,2-3,5H2,1H3/t13-/m0/s1. The van der Waals surface area contributed by atoms with Gasteiger partial charge in [-0.25, -0.2) is 4.79 Å². The van der Waals surface area contributed by atoms with Crippen LogP contribution in [0.15, 0.2) is 35.9 Å². The smallest absolute Gasteiger partial charge is 0.335 e. The van der Waals surface area contributed by atoms with Gasteiger partial charge in [0.2, 0.25) is 0 Å². The van der Waals surface area contributed by atoms with Gasteiger partial charge in [-0.3, -0.25) is 0 Å². The van der Waals surface area contributed by atoms with Crippen LogP contribution in [0.3, 0.4) is 0 Å². The van der Waals surface area contributed by atoms with Gasteiger partial charge in [0.25, 0.3) is 0 Å². The van der Waals surface area contributed by atoms with Gasteiger partial charge in [-0.15, -0.1) is 0 Å². The largest absolute Gasteiger partial charge is 0.466 e. The van der Waals surface area contributed by atoms with Gasteiger partial charge >= 0.3 is 5.97 Å². The first-order valence-electron chi connectivity index (χ1n) is 6.01. The number of carbonyl (C=O) groups excluding carboxylic acids is 1. The Balaban J connectivity index is 2.11. The third-order valence-electron chi connectivity index (χ3n) is 3.04. The first-order chi connectivity index (χ1) is 8.70. The lowest BCUT2D eigenvalue weighted by molar-refractivity contribution is -0.136. The first kappa shape index (κ1) is 13.0. The maximum Gasteiger partial charge on any atom is 0.335 e. The number of halogens is 1. The van der Waals surface area contributed by atoms with Crippen molar-refractivity contribution >= 4 is 23.3 Å². The van der Waals surface area contributed by atoms with Gasteiger partial charge in [0.05, 0.1) is 18.7 Å². The fourth-order valence-electron chi connectivity index (χ4n) is 2.12. The minimum Gasteiger partial charge on any atom is -0.466 e. The number of ether oxygens (including phenoxy) is 1. The summed E-state index contributed by atoms with van der Waals surface area (Å²) >= 11 is 5.84. The van der Waals surface area contributed by atoms with Crippen molar-refractivity contribution in [1.29, 1.82) is 0 Å². The highest BCUT2D eigenvalue weighted by Crippen LogP contribution is 2.24. The van der Waals surface area contributed by atoms with E-state index in [-0.39, 0.29) is 12.0 Å². The highest BCUT2D eigenvalue weighted by molar-refractivity contribution is 6.30. The van der Waals surface area contributed by atoms with E-state index in [4.69, 9.17) is 16.3 Å². The molecule has 2 rings (SSSR count). The van der Waals surface area contributed by atoms with Crippen LogP contribution in [-0.4, -0.2) is 19.1 Å². The van der Waals surface area contributed by atoms with E-state index in [1.165, 1.54) is 7.11 Å². The lowest BCUT2D eigenvalue weighted by atomic mass is 9.94. The monoisotopic (exact) mass is 265 g/mol. The Bertz CT molecular complexity index is 453. The van der Waals surface area contributed by atoms with E-state index in [1.807, 2.05) is 30.3 Å². The Morgan fingerprint density at radius 1 is 1.39 bits per heavy atom. The zero-order valence-electron chi connectivity index (χ0n) is 10.3. The van der Waals surface area contributed by atoms with Crippen molar-refractivity contribution in [2.24, 2.45) is 0 Å². The SMILES string of the molecule is COC(=O)C1=CCCC[C@@H]1Nc1ccc(Cl)cc1. The van der Waals surface area contributed by atoms with Gasteiger partial charge in [-0.2, -0.15) is 0 Å². The highest BCUT2D eigenvalue weighted by atomic mass is 35.5. The van der Waals surface area contributed by atoms with Gasteiger partial charge < -0.3 is 10.1 Å². The number of carbonyl (C=O) groups is 1. The molecule has 0 bridgehead atoms. The lowest BCUT2D eigenvalue weighted by Crippen LogP contribution is -2.29. The minimum atomic E-state index is -0.249. The second-order valence-electron chi connectivity index (χ2n) is 4.29. The number of methoxy groups -OCH3 is 1. The molecule has 1 aromatic carbocycles. The zero-order valence-corrected chi connectivity index (χ0v) is 11.0. The molecule has 0 saturated carbocycles. The van der Waals surface area contributed by atoms with E-state index in [2.05, 4.69) is 5.32 Å². The second-order valence-corrected chi connectivity index (χ2v) is 4.72. The zero-order chi connectivity index (χ0) is 13.0. The average molecular weight is 266 g/mol.